The zero-order chi connectivity index (χ0) is 17.4. The van der Waals surface area contributed by atoms with E-state index >= 15 is 0 Å². The molecule has 2 rings (SSSR count). The third-order valence-electron chi connectivity index (χ3n) is 3.29. The first kappa shape index (κ1) is 16.7. The molecule has 2 aromatic rings. The smallest absolute Gasteiger partial charge is 0.257 e. The number of nitriles is 2. The van der Waals surface area contributed by atoms with Crippen LogP contribution in [0, 0.1) is 22.7 Å². The first-order valence-electron chi connectivity index (χ1n) is 7.31. The van der Waals surface area contributed by atoms with Gasteiger partial charge in [0.15, 0.2) is 0 Å². The van der Waals surface area contributed by atoms with Gasteiger partial charge in [-0.1, -0.05) is 31.2 Å². The highest BCUT2D eigenvalue weighted by Gasteiger charge is 2.11. The number of nitrogens with zero attached hydrogens (tertiary/aromatic N) is 3. The van der Waals surface area contributed by atoms with Crippen molar-refractivity contribution in [2.24, 2.45) is 5.10 Å². The van der Waals surface area contributed by atoms with Crippen molar-refractivity contribution in [3.05, 3.63) is 59.7 Å². The third-order valence-corrected chi connectivity index (χ3v) is 3.29. The number of carbonyl (C=O) groups is 1. The fourth-order valence-electron chi connectivity index (χ4n) is 1.99. The molecule has 0 heterocycles. The zero-order valence-electron chi connectivity index (χ0n) is 13.1. The number of para-hydroxylation sites is 1. The molecule has 2 aromatic carbocycles. The Labute approximate surface area is 140 Å². The number of hydrogen-bond donors (Lipinski definition) is 2. The number of nitrogens with one attached hydrogen (secondary N) is 2. The lowest BCUT2D eigenvalue weighted by atomic mass is 10.1. The van der Waals surface area contributed by atoms with Crippen molar-refractivity contribution in [2.75, 3.05) is 10.7 Å². The van der Waals surface area contributed by atoms with Gasteiger partial charge >= 0.3 is 0 Å². The minimum Gasteiger partial charge on any atom is -0.322 e. The maximum atomic E-state index is 12.4. The van der Waals surface area contributed by atoms with Gasteiger partial charge in [-0.05, 0) is 36.2 Å². The molecule has 0 bridgehead atoms. The Kier molecular flexibility index (Phi) is 5.65. The number of rotatable bonds is 5. The Morgan fingerprint density at radius 3 is 2.38 bits per heavy atom. The monoisotopic (exact) mass is 317 g/mol. The van der Waals surface area contributed by atoms with Crippen LogP contribution in [0.25, 0.3) is 0 Å². The molecule has 0 radical (unpaired) electrons. The summed E-state index contributed by atoms with van der Waals surface area (Å²) < 4.78 is 0. The zero-order valence-corrected chi connectivity index (χ0v) is 13.1. The molecule has 0 aliphatic heterocycles. The van der Waals surface area contributed by atoms with E-state index in [1.165, 1.54) is 5.56 Å². The second-order valence-electron chi connectivity index (χ2n) is 4.85. The lowest BCUT2D eigenvalue weighted by molar-refractivity contribution is 0.102. The average Bonchev–Trinajstić information content (AvgIpc) is 2.63. The van der Waals surface area contributed by atoms with Crippen LogP contribution in [0.2, 0.25) is 0 Å². The molecule has 0 aliphatic rings. The second kappa shape index (κ2) is 8.11. The van der Waals surface area contributed by atoms with E-state index in [-0.39, 0.29) is 11.6 Å². The Bertz CT molecular complexity index is 825. The van der Waals surface area contributed by atoms with Crippen molar-refractivity contribution in [3.63, 3.8) is 0 Å². The van der Waals surface area contributed by atoms with Crippen LogP contribution >= 0.6 is 0 Å². The van der Waals surface area contributed by atoms with E-state index in [4.69, 9.17) is 10.5 Å². The highest BCUT2D eigenvalue weighted by Crippen LogP contribution is 2.18. The number of hydrogen-bond acceptors (Lipinski definition) is 5. The molecule has 0 aliphatic carbocycles. The van der Waals surface area contributed by atoms with Crippen LogP contribution in [0.3, 0.4) is 0 Å². The molecule has 0 spiro atoms. The summed E-state index contributed by atoms with van der Waals surface area (Å²) in [7, 11) is 0. The molecule has 0 saturated carbocycles. The topological polar surface area (TPSA) is 101 Å². The summed E-state index contributed by atoms with van der Waals surface area (Å²) in [5.74, 6) is -0.312. The second-order valence-corrected chi connectivity index (χ2v) is 4.85. The van der Waals surface area contributed by atoms with E-state index in [1.54, 1.807) is 36.4 Å². The lowest BCUT2D eigenvalue weighted by Gasteiger charge is -2.10. The molecule has 24 heavy (non-hydrogen) atoms. The Hall–Kier alpha value is -3.64. The summed E-state index contributed by atoms with van der Waals surface area (Å²) in [6.45, 7) is 2.06. The van der Waals surface area contributed by atoms with Crippen molar-refractivity contribution in [2.45, 2.75) is 13.3 Å². The van der Waals surface area contributed by atoms with Gasteiger partial charge in [-0.25, -0.2) is 0 Å². The van der Waals surface area contributed by atoms with Gasteiger partial charge in [0.05, 0.1) is 11.3 Å². The summed E-state index contributed by atoms with van der Waals surface area (Å²) in [6.07, 6.45) is 0.930. The number of anilines is 2. The van der Waals surface area contributed by atoms with Gasteiger partial charge < -0.3 is 5.32 Å². The first-order chi connectivity index (χ1) is 11.7. The molecule has 0 atom stereocenters. The van der Waals surface area contributed by atoms with E-state index in [9.17, 15) is 4.79 Å². The van der Waals surface area contributed by atoms with Gasteiger partial charge in [-0.15, -0.1) is 0 Å². The van der Waals surface area contributed by atoms with Gasteiger partial charge in [0.25, 0.3) is 5.91 Å². The maximum Gasteiger partial charge on any atom is 0.257 e. The molecule has 6 heteroatoms. The van der Waals surface area contributed by atoms with Gasteiger partial charge in [0.1, 0.15) is 12.1 Å². The normalized spacial score (nSPS) is 9.29. The van der Waals surface area contributed by atoms with Crippen LogP contribution in [0.15, 0.2) is 53.6 Å². The quantitative estimate of drug-likeness (QED) is 0.652. The van der Waals surface area contributed by atoms with Gasteiger partial charge in [0.2, 0.25) is 5.71 Å². The molecule has 118 valence electrons. The standard InChI is InChI=1S/C18H15N5O/c1-2-13-7-9-14(10-8-13)21-18(24)16-5-3-4-6-17(16)23-22-15(11-19)12-20/h3-10,23H,2H2,1H3,(H,21,24). The molecule has 2 N–H and O–H groups in total. The van der Waals surface area contributed by atoms with Crippen LogP contribution in [0.5, 0.6) is 0 Å². The van der Waals surface area contributed by atoms with E-state index in [0.29, 0.717) is 16.9 Å². The molecule has 0 unspecified atom stereocenters. The Morgan fingerprint density at radius 1 is 1.08 bits per heavy atom. The third kappa shape index (κ3) is 4.19. The number of benzene rings is 2. The summed E-state index contributed by atoms with van der Waals surface area (Å²) in [4.78, 5) is 12.4. The lowest BCUT2D eigenvalue weighted by Crippen LogP contribution is -2.14. The van der Waals surface area contributed by atoms with Crippen LogP contribution < -0.4 is 10.7 Å². The predicted molar refractivity (Wildman–Crippen MR) is 92.5 cm³/mol. The number of carbonyl (C=O) groups excluding carboxylic acids is 1. The molecule has 0 aromatic heterocycles. The Morgan fingerprint density at radius 2 is 1.75 bits per heavy atom. The fourth-order valence-corrected chi connectivity index (χ4v) is 1.99. The van der Waals surface area contributed by atoms with Crippen LogP contribution in [-0.2, 0) is 6.42 Å². The number of aryl methyl sites for hydroxylation is 1. The number of hydrazone groups is 1. The number of amides is 1. The Balaban J connectivity index is 2.19. The van der Waals surface area contributed by atoms with Crippen molar-refractivity contribution in [1.29, 1.82) is 10.5 Å². The van der Waals surface area contributed by atoms with Crippen molar-refractivity contribution < 1.29 is 4.79 Å². The average molecular weight is 317 g/mol. The van der Waals surface area contributed by atoms with Crippen molar-refractivity contribution in [1.82, 2.24) is 0 Å². The van der Waals surface area contributed by atoms with E-state index in [1.807, 2.05) is 24.3 Å². The van der Waals surface area contributed by atoms with Crippen LogP contribution in [0.4, 0.5) is 11.4 Å². The van der Waals surface area contributed by atoms with Crippen molar-refractivity contribution >= 4 is 23.0 Å². The largest absolute Gasteiger partial charge is 0.322 e. The van der Waals surface area contributed by atoms with Crippen LogP contribution in [-0.4, -0.2) is 11.6 Å². The maximum absolute atomic E-state index is 12.4. The summed E-state index contributed by atoms with van der Waals surface area (Å²) in [6, 6.07) is 17.6. The van der Waals surface area contributed by atoms with Gasteiger partial charge in [0, 0.05) is 5.69 Å². The van der Waals surface area contributed by atoms with E-state index < -0.39 is 0 Å². The molecule has 6 nitrogen and oxygen atoms in total. The minimum absolute atomic E-state index is 0.312. The van der Waals surface area contributed by atoms with Crippen LogP contribution in [0.1, 0.15) is 22.8 Å². The predicted octanol–water partition coefficient (Wildman–Crippen LogP) is 3.32. The molecular weight excluding hydrogens is 302 g/mol. The minimum atomic E-state index is -0.319. The van der Waals surface area contributed by atoms with Gasteiger partial charge in [-0.3, -0.25) is 10.2 Å². The summed E-state index contributed by atoms with van der Waals surface area (Å²) in [5, 5.41) is 23.9. The molecule has 0 saturated heterocycles. The first-order valence-corrected chi connectivity index (χ1v) is 7.31. The fraction of sp³-hybridized carbons (Fsp3) is 0.111. The molecule has 1 amide bonds. The van der Waals surface area contributed by atoms with E-state index in [0.717, 1.165) is 6.42 Å². The summed E-state index contributed by atoms with van der Waals surface area (Å²) >= 11 is 0. The van der Waals surface area contributed by atoms with Crippen molar-refractivity contribution in [3.8, 4) is 12.1 Å². The highest BCUT2D eigenvalue weighted by atomic mass is 16.1. The molecule has 0 fully saturated rings. The summed E-state index contributed by atoms with van der Waals surface area (Å²) in [5.41, 5.74) is 4.90. The van der Waals surface area contributed by atoms with Gasteiger partial charge in [-0.2, -0.15) is 15.6 Å². The SMILES string of the molecule is CCc1ccc(NC(=O)c2ccccc2NN=C(C#N)C#N)cc1. The highest BCUT2D eigenvalue weighted by molar-refractivity contribution is 6.11. The van der Waals surface area contributed by atoms with E-state index in [2.05, 4.69) is 22.8 Å². The molecular formula is C18H15N5O.